The highest BCUT2D eigenvalue weighted by atomic mass is 16.5. The van der Waals surface area contributed by atoms with Gasteiger partial charge in [-0.3, -0.25) is 4.79 Å². The lowest BCUT2D eigenvalue weighted by molar-refractivity contribution is -0.118. The maximum atomic E-state index is 10.7. The molecule has 0 amide bonds. The van der Waals surface area contributed by atoms with Crippen LogP contribution in [0.4, 0.5) is 0 Å². The van der Waals surface area contributed by atoms with Gasteiger partial charge in [0.15, 0.2) is 0 Å². The fraction of sp³-hybridized carbons (Fsp3) is 0.857. The number of rotatable bonds is 2. The van der Waals surface area contributed by atoms with Crippen LogP contribution in [0.25, 0.3) is 0 Å². The molecule has 2 atom stereocenters. The summed E-state index contributed by atoms with van der Waals surface area (Å²) in [5, 5.41) is 9.20. The average Bonchev–Trinajstić information content (AvgIpc) is 1.96. The van der Waals surface area contributed by atoms with Crippen LogP contribution >= 0.6 is 0 Å². The Morgan fingerprint density at radius 3 is 2.92 bits per heavy atom. The number of nitrogens with two attached hydrogens (primary N) is 1. The maximum absolute atomic E-state index is 10.7. The Morgan fingerprint density at radius 1 is 1.75 bits per heavy atom. The van der Waals surface area contributed by atoms with Crippen molar-refractivity contribution in [3.63, 3.8) is 0 Å². The molecule has 5 heteroatoms. The predicted octanol–water partition coefficient (Wildman–Crippen LogP) is -0.508. The summed E-state index contributed by atoms with van der Waals surface area (Å²) in [5.74, 6) is -0.212. The third-order valence-corrected chi connectivity index (χ3v) is 2.04. The molecule has 1 saturated heterocycles. The summed E-state index contributed by atoms with van der Waals surface area (Å²) >= 11 is 0. The van der Waals surface area contributed by atoms with Crippen LogP contribution in [0.5, 0.6) is 0 Å². The minimum absolute atomic E-state index is 0.0858. The van der Waals surface area contributed by atoms with Gasteiger partial charge < -0.3 is 15.4 Å². The van der Waals surface area contributed by atoms with E-state index in [0.29, 0.717) is 6.42 Å². The maximum Gasteiger partial charge on any atom is 0.472 e. The molecular formula is C7H14BNO3. The zero-order chi connectivity index (χ0) is 9.14. The predicted molar refractivity (Wildman–Crippen MR) is 45.4 cm³/mol. The van der Waals surface area contributed by atoms with E-state index in [-0.39, 0.29) is 17.8 Å². The van der Waals surface area contributed by atoms with Gasteiger partial charge in [0.05, 0.1) is 0 Å². The van der Waals surface area contributed by atoms with Gasteiger partial charge in [0.1, 0.15) is 5.78 Å². The highest BCUT2D eigenvalue weighted by Gasteiger charge is 2.32. The molecule has 3 N–H and O–H groups in total. The second-order valence-electron chi connectivity index (χ2n) is 3.30. The van der Waals surface area contributed by atoms with E-state index in [0.717, 1.165) is 12.8 Å². The molecule has 1 aliphatic heterocycles. The Morgan fingerprint density at radius 2 is 2.42 bits per heavy atom. The first-order valence-electron chi connectivity index (χ1n) is 4.18. The third-order valence-electron chi connectivity index (χ3n) is 2.04. The van der Waals surface area contributed by atoms with Gasteiger partial charge in [0.25, 0.3) is 0 Å². The highest BCUT2D eigenvalue weighted by Crippen LogP contribution is 2.17. The summed E-state index contributed by atoms with van der Waals surface area (Å²) in [4.78, 5) is 10.7. The topological polar surface area (TPSA) is 72.6 Å². The van der Waals surface area contributed by atoms with Crippen molar-refractivity contribution in [2.75, 3.05) is 0 Å². The minimum atomic E-state index is -0.900. The van der Waals surface area contributed by atoms with Crippen molar-refractivity contribution in [3.8, 4) is 0 Å². The van der Waals surface area contributed by atoms with Crippen LogP contribution in [-0.2, 0) is 9.45 Å². The molecule has 0 aromatic heterocycles. The number of ketones is 1. The van der Waals surface area contributed by atoms with E-state index in [4.69, 9.17) is 10.4 Å². The minimum Gasteiger partial charge on any atom is -0.426 e. The molecule has 1 unspecified atom stereocenters. The first-order chi connectivity index (χ1) is 5.59. The highest BCUT2D eigenvalue weighted by molar-refractivity contribution is 6.45. The van der Waals surface area contributed by atoms with E-state index in [1.165, 1.54) is 6.92 Å². The number of hydrogen-bond acceptors (Lipinski definition) is 4. The Balaban J connectivity index is 2.35. The lowest BCUT2D eigenvalue weighted by Crippen LogP contribution is -2.48. The van der Waals surface area contributed by atoms with Crippen LogP contribution in [0, 0.1) is 0 Å². The number of hydrogen-bond donors (Lipinski definition) is 2. The number of carbonyl (C=O) groups excluding carboxylic acids is 1. The summed E-state index contributed by atoms with van der Waals surface area (Å²) in [6.45, 7) is 1.52. The average molecular weight is 171 g/mol. The van der Waals surface area contributed by atoms with Crippen LogP contribution in [0.2, 0.25) is 0 Å². The van der Waals surface area contributed by atoms with Crippen LogP contribution in [-0.4, -0.2) is 30.0 Å². The molecule has 0 bridgehead atoms. The van der Waals surface area contributed by atoms with Gasteiger partial charge in [-0.05, 0) is 19.8 Å². The third kappa shape index (κ3) is 2.58. The Bertz CT molecular complexity index is 176. The molecule has 1 fully saturated rings. The molecule has 0 saturated carbocycles. The number of carbonyl (C=O) groups is 1. The van der Waals surface area contributed by atoms with Crippen molar-refractivity contribution in [2.45, 2.75) is 38.2 Å². The SMILES string of the molecule is CC(=O)CC1CC[C@H](N)B(O)O1. The van der Waals surface area contributed by atoms with Crippen molar-refractivity contribution in [1.29, 1.82) is 0 Å². The summed E-state index contributed by atoms with van der Waals surface area (Å²) in [7, 11) is -0.900. The fourth-order valence-corrected chi connectivity index (χ4v) is 1.36. The van der Waals surface area contributed by atoms with Gasteiger partial charge in [-0.1, -0.05) is 0 Å². The fourth-order valence-electron chi connectivity index (χ4n) is 1.36. The molecule has 1 aliphatic rings. The van der Waals surface area contributed by atoms with Crippen molar-refractivity contribution < 1.29 is 14.5 Å². The van der Waals surface area contributed by atoms with Gasteiger partial charge in [0, 0.05) is 18.5 Å². The van der Waals surface area contributed by atoms with Gasteiger partial charge in [-0.2, -0.15) is 0 Å². The molecule has 0 aliphatic carbocycles. The zero-order valence-corrected chi connectivity index (χ0v) is 7.19. The summed E-state index contributed by atoms with van der Waals surface area (Å²) in [5.41, 5.74) is 5.51. The zero-order valence-electron chi connectivity index (χ0n) is 7.19. The Labute approximate surface area is 72.2 Å². The normalized spacial score (nSPS) is 30.4. The molecule has 12 heavy (non-hydrogen) atoms. The Kier molecular flexibility index (Phi) is 3.25. The van der Waals surface area contributed by atoms with Crippen molar-refractivity contribution >= 4 is 12.9 Å². The number of Topliss-reactive ketones (excluding diaryl/α,β-unsaturated/α-hetero) is 1. The van der Waals surface area contributed by atoms with Crippen molar-refractivity contribution in [2.24, 2.45) is 5.73 Å². The monoisotopic (exact) mass is 171 g/mol. The van der Waals surface area contributed by atoms with Gasteiger partial charge in [-0.25, -0.2) is 0 Å². The molecule has 4 nitrogen and oxygen atoms in total. The van der Waals surface area contributed by atoms with E-state index in [1.807, 2.05) is 0 Å². The van der Waals surface area contributed by atoms with Gasteiger partial charge in [-0.15, -0.1) is 0 Å². The van der Waals surface area contributed by atoms with Crippen LogP contribution in [0.15, 0.2) is 0 Å². The second-order valence-corrected chi connectivity index (χ2v) is 3.30. The van der Waals surface area contributed by atoms with Gasteiger partial charge >= 0.3 is 7.12 Å². The van der Waals surface area contributed by atoms with E-state index >= 15 is 0 Å². The first-order valence-corrected chi connectivity index (χ1v) is 4.18. The molecule has 0 aromatic carbocycles. The standard InChI is InChI=1S/C7H14BNO3/c1-5(10)4-6-2-3-7(9)8(11)12-6/h6-7,11H,2-4,9H2,1H3/t6?,7-/m0/s1. The first kappa shape index (κ1) is 9.70. The molecule has 1 heterocycles. The Hall–Kier alpha value is -0.385. The summed E-state index contributed by atoms with van der Waals surface area (Å²) in [6, 6.07) is 0. The smallest absolute Gasteiger partial charge is 0.426 e. The molecule has 0 spiro atoms. The second kappa shape index (κ2) is 4.02. The van der Waals surface area contributed by atoms with Crippen molar-refractivity contribution in [3.05, 3.63) is 0 Å². The molecule has 68 valence electrons. The van der Waals surface area contributed by atoms with Crippen LogP contribution in [0.1, 0.15) is 26.2 Å². The van der Waals surface area contributed by atoms with E-state index in [1.54, 1.807) is 0 Å². The molecular weight excluding hydrogens is 157 g/mol. The van der Waals surface area contributed by atoms with Crippen LogP contribution < -0.4 is 5.73 Å². The summed E-state index contributed by atoms with van der Waals surface area (Å²) < 4.78 is 5.12. The lowest BCUT2D eigenvalue weighted by atomic mass is 9.73. The van der Waals surface area contributed by atoms with E-state index < -0.39 is 7.12 Å². The molecule has 0 aromatic rings. The quantitative estimate of drug-likeness (QED) is 0.549. The van der Waals surface area contributed by atoms with E-state index in [9.17, 15) is 9.82 Å². The van der Waals surface area contributed by atoms with Gasteiger partial charge in [0.2, 0.25) is 0 Å². The lowest BCUT2D eigenvalue weighted by Gasteiger charge is -2.28. The molecule has 0 radical (unpaired) electrons. The van der Waals surface area contributed by atoms with Crippen LogP contribution in [0.3, 0.4) is 0 Å². The van der Waals surface area contributed by atoms with E-state index in [2.05, 4.69) is 0 Å². The molecule has 1 rings (SSSR count). The largest absolute Gasteiger partial charge is 0.472 e. The van der Waals surface area contributed by atoms with Crippen molar-refractivity contribution in [1.82, 2.24) is 0 Å². The summed E-state index contributed by atoms with van der Waals surface area (Å²) in [6.07, 6.45) is 1.72.